The molecule has 2 aromatic rings. The molecule has 25 heavy (non-hydrogen) atoms. The standard InChI is InChI=1S/C18H21F2N3O2/c1-25-13-5-6-21-17(11-13)23-9-7-22(8-10-23)12-16(24)18-14(19)3-2-4-15(18)20/h2-6,11,16,24H,7-10,12H2,1H3. The van der Waals surface area contributed by atoms with E-state index in [1.165, 1.54) is 6.07 Å². The zero-order chi connectivity index (χ0) is 17.8. The highest BCUT2D eigenvalue weighted by molar-refractivity contribution is 5.44. The van der Waals surface area contributed by atoms with Gasteiger partial charge in [-0.3, -0.25) is 4.90 Å². The van der Waals surface area contributed by atoms with Gasteiger partial charge >= 0.3 is 0 Å². The maximum atomic E-state index is 13.8. The van der Waals surface area contributed by atoms with Crippen molar-refractivity contribution in [1.29, 1.82) is 0 Å². The van der Waals surface area contributed by atoms with Gasteiger partial charge in [0.05, 0.1) is 18.8 Å². The summed E-state index contributed by atoms with van der Waals surface area (Å²) in [5.41, 5.74) is -0.264. The number of halogens is 2. The van der Waals surface area contributed by atoms with Crippen LogP contribution in [0.25, 0.3) is 0 Å². The number of piperazine rings is 1. The van der Waals surface area contributed by atoms with Gasteiger partial charge in [0.1, 0.15) is 23.2 Å². The number of rotatable bonds is 5. The van der Waals surface area contributed by atoms with Crippen LogP contribution in [0.2, 0.25) is 0 Å². The Morgan fingerprint density at radius 3 is 2.48 bits per heavy atom. The Kier molecular flexibility index (Phi) is 5.45. The molecule has 1 aromatic heterocycles. The quantitative estimate of drug-likeness (QED) is 0.897. The molecule has 1 fully saturated rings. The average molecular weight is 349 g/mol. The summed E-state index contributed by atoms with van der Waals surface area (Å²) in [4.78, 5) is 8.46. The van der Waals surface area contributed by atoms with Gasteiger partial charge in [-0.2, -0.15) is 0 Å². The molecule has 2 heterocycles. The van der Waals surface area contributed by atoms with Gasteiger partial charge in [0.25, 0.3) is 0 Å². The molecule has 134 valence electrons. The van der Waals surface area contributed by atoms with Gasteiger partial charge in [0.15, 0.2) is 0 Å². The number of β-amino-alcohol motifs (C(OH)–C–C–N with tert-alkyl or cyclic N) is 1. The Morgan fingerprint density at radius 2 is 1.84 bits per heavy atom. The number of ether oxygens (including phenoxy) is 1. The zero-order valence-electron chi connectivity index (χ0n) is 14.0. The van der Waals surface area contributed by atoms with Crippen LogP contribution in [-0.4, -0.2) is 54.8 Å². The molecule has 0 spiro atoms. The molecule has 1 unspecified atom stereocenters. The number of aliphatic hydroxyl groups excluding tert-OH is 1. The molecule has 1 aliphatic heterocycles. The van der Waals surface area contributed by atoms with Crippen molar-refractivity contribution in [3.63, 3.8) is 0 Å². The zero-order valence-corrected chi connectivity index (χ0v) is 14.0. The summed E-state index contributed by atoms with van der Waals surface area (Å²) in [6, 6.07) is 7.28. The minimum Gasteiger partial charge on any atom is -0.497 e. The number of aromatic nitrogens is 1. The lowest BCUT2D eigenvalue weighted by atomic mass is 10.1. The average Bonchev–Trinajstić information content (AvgIpc) is 2.62. The highest BCUT2D eigenvalue weighted by atomic mass is 19.1. The second kappa shape index (κ2) is 7.76. The summed E-state index contributed by atoms with van der Waals surface area (Å²) in [5, 5.41) is 10.2. The molecule has 5 nitrogen and oxygen atoms in total. The number of nitrogens with zero attached hydrogens (tertiary/aromatic N) is 3. The fourth-order valence-electron chi connectivity index (χ4n) is 3.02. The van der Waals surface area contributed by atoms with Crippen molar-refractivity contribution in [2.75, 3.05) is 44.7 Å². The summed E-state index contributed by atoms with van der Waals surface area (Å²) in [5.74, 6) is 0.149. The van der Waals surface area contributed by atoms with E-state index in [9.17, 15) is 13.9 Å². The molecule has 0 bridgehead atoms. The maximum absolute atomic E-state index is 13.8. The number of benzene rings is 1. The van der Waals surface area contributed by atoms with E-state index in [0.29, 0.717) is 26.2 Å². The molecule has 1 saturated heterocycles. The van der Waals surface area contributed by atoms with Crippen LogP contribution in [0.1, 0.15) is 11.7 Å². The molecule has 1 aliphatic rings. The highest BCUT2D eigenvalue weighted by Crippen LogP contribution is 2.23. The van der Waals surface area contributed by atoms with Crippen molar-refractivity contribution < 1.29 is 18.6 Å². The van der Waals surface area contributed by atoms with Gasteiger partial charge < -0.3 is 14.7 Å². The van der Waals surface area contributed by atoms with E-state index in [1.54, 1.807) is 19.4 Å². The van der Waals surface area contributed by atoms with Crippen molar-refractivity contribution in [2.45, 2.75) is 6.10 Å². The third kappa shape index (κ3) is 4.05. The molecule has 0 aliphatic carbocycles. The van der Waals surface area contributed by atoms with Crippen molar-refractivity contribution in [1.82, 2.24) is 9.88 Å². The van der Waals surface area contributed by atoms with Gasteiger partial charge in [0, 0.05) is 45.0 Å². The van der Waals surface area contributed by atoms with E-state index >= 15 is 0 Å². The van der Waals surface area contributed by atoms with Crippen molar-refractivity contribution >= 4 is 5.82 Å². The number of anilines is 1. The summed E-state index contributed by atoms with van der Waals surface area (Å²) >= 11 is 0. The summed E-state index contributed by atoms with van der Waals surface area (Å²) in [6.07, 6.45) is 0.508. The van der Waals surface area contributed by atoms with Crippen LogP contribution in [0.4, 0.5) is 14.6 Å². The number of hydrogen-bond acceptors (Lipinski definition) is 5. The first kappa shape index (κ1) is 17.6. The highest BCUT2D eigenvalue weighted by Gasteiger charge is 2.24. The molecular weight excluding hydrogens is 328 g/mol. The first-order valence-corrected chi connectivity index (χ1v) is 8.18. The molecular formula is C18H21F2N3O2. The van der Waals surface area contributed by atoms with Crippen molar-refractivity contribution in [2.24, 2.45) is 0 Å². The maximum Gasteiger partial charge on any atom is 0.132 e. The SMILES string of the molecule is COc1ccnc(N2CCN(CC(O)c3c(F)cccc3F)CC2)c1. The number of aliphatic hydroxyl groups is 1. The lowest BCUT2D eigenvalue weighted by Crippen LogP contribution is -2.47. The Morgan fingerprint density at radius 1 is 1.16 bits per heavy atom. The van der Waals surface area contributed by atoms with Crippen LogP contribution in [0.5, 0.6) is 5.75 Å². The van der Waals surface area contributed by atoms with Crippen LogP contribution < -0.4 is 9.64 Å². The number of pyridine rings is 1. The Hall–Kier alpha value is -2.25. The van der Waals surface area contributed by atoms with E-state index in [-0.39, 0.29) is 12.1 Å². The first-order chi connectivity index (χ1) is 12.1. The van der Waals surface area contributed by atoms with Crippen LogP contribution in [-0.2, 0) is 0 Å². The smallest absolute Gasteiger partial charge is 0.132 e. The van der Waals surface area contributed by atoms with E-state index < -0.39 is 17.7 Å². The van der Waals surface area contributed by atoms with Gasteiger partial charge in [-0.05, 0) is 18.2 Å². The Labute approximate surface area is 145 Å². The molecule has 0 amide bonds. The number of hydrogen-bond donors (Lipinski definition) is 1. The largest absolute Gasteiger partial charge is 0.497 e. The topological polar surface area (TPSA) is 48.8 Å². The molecule has 0 radical (unpaired) electrons. The molecule has 1 aromatic carbocycles. The summed E-state index contributed by atoms with van der Waals surface area (Å²) < 4.78 is 32.7. The molecule has 1 atom stereocenters. The second-order valence-corrected chi connectivity index (χ2v) is 5.99. The van der Waals surface area contributed by atoms with E-state index in [2.05, 4.69) is 9.88 Å². The van der Waals surface area contributed by atoms with E-state index in [0.717, 1.165) is 23.7 Å². The third-order valence-corrected chi connectivity index (χ3v) is 4.41. The number of methoxy groups -OCH3 is 1. The van der Waals surface area contributed by atoms with Crippen molar-refractivity contribution in [3.8, 4) is 5.75 Å². The predicted octanol–water partition coefficient (Wildman–Crippen LogP) is 2.22. The van der Waals surface area contributed by atoms with Crippen LogP contribution >= 0.6 is 0 Å². The molecule has 1 N–H and O–H groups in total. The monoisotopic (exact) mass is 349 g/mol. The van der Waals surface area contributed by atoms with E-state index in [1.807, 2.05) is 11.0 Å². The fraction of sp³-hybridized carbons (Fsp3) is 0.389. The summed E-state index contributed by atoms with van der Waals surface area (Å²) in [6.45, 7) is 2.97. The second-order valence-electron chi connectivity index (χ2n) is 5.99. The minimum absolute atomic E-state index is 0.192. The van der Waals surface area contributed by atoms with Crippen molar-refractivity contribution in [3.05, 3.63) is 53.7 Å². The van der Waals surface area contributed by atoms with Gasteiger partial charge in [-0.25, -0.2) is 13.8 Å². The van der Waals surface area contributed by atoms with E-state index in [4.69, 9.17) is 4.74 Å². The van der Waals surface area contributed by atoms with Gasteiger partial charge in [0.2, 0.25) is 0 Å². The Balaban J connectivity index is 1.59. The Bertz CT molecular complexity index is 701. The molecule has 0 saturated carbocycles. The van der Waals surface area contributed by atoms with Crippen LogP contribution in [0.15, 0.2) is 36.5 Å². The third-order valence-electron chi connectivity index (χ3n) is 4.41. The van der Waals surface area contributed by atoms with Crippen LogP contribution in [0, 0.1) is 11.6 Å². The fourth-order valence-corrected chi connectivity index (χ4v) is 3.02. The predicted molar refractivity (Wildman–Crippen MR) is 90.8 cm³/mol. The van der Waals surface area contributed by atoms with Crippen LogP contribution in [0.3, 0.4) is 0 Å². The molecule has 3 rings (SSSR count). The minimum atomic E-state index is -1.19. The normalized spacial score (nSPS) is 16.7. The molecule has 7 heteroatoms. The first-order valence-electron chi connectivity index (χ1n) is 8.18. The van der Waals surface area contributed by atoms with Gasteiger partial charge in [-0.1, -0.05) is 6.07 Å². The van der Waals surface area contributed by atoms with Gasteiger partial charge in [-0.15, -0.1) is 0 Å². The lowest BCUT2D eigenvalue weighted by molar-refractivity contribution is 0.103. The summed E-state index contributed by atoms with van der Waals surface area (Å²) in [7, 11) is 1.61. The lowest BCUT2D eigenvalue weighted by Gasteiger charge is -2.36.